The number of hydrogen-bond donors (Lipinski definition) is 1. The molecule has 0 atom stereocenters. The predicted octanol–water partition coefficient (Wildman–Crippen LogP) is 2.50. The lowest BCUT2D eigenvalue weighted by atomic mass is 10.1. The summed E-state index contributed by atoms with van der Waals surface area (Å²) in [6.07, 6.45) is 0. The summed E-state index contributed by atoms with van der Waals surface area (Å²) in [5.41, 5.74) is -3.30. The van der Waals surface area contributed by atoms with Crippen LogP contribution in [0.15, 0.2) is 12.1 Å². The lowest BCUT2D eigenvalue weighted by Gasteiger charge is -2.24. The molecule has 0 fully saturated rings. The van der Waals surface area contributed by atoms with E-state index in [1.165, 1.54) is 25.7 Å². The molecule has 0 heterocycles. The van der Waals surface area contributed by atoms with E-state index in [0.29, 0.717) is 0 Å². The summed E-state index contributed by atoms with van der Waals surface area (Å²) in [5, 5.41) is 32.1. The summed E-state index contributed by atoms with van der Waals surface area (Å²) < 4.78 is 5.12. The minimum absolute atomic E-state index is 0.000864. The third-order valence-electron chi connectivity index (χ3n) is 3.18. The van der Waals surface area contributed by atoms with Crippen LogP contribution in [0.5, 0.6) is 0 Å². The molecule has 144 valence electrons. The van der Waals surface area contributed by atoms with E-state index in [-0.39, 0.29) is 31.3 Å². The molecule has 26 heavy (non-hydrogen) atoms. The van der Waals surface area contributed by atoms with E-state index in [0.717, 1.165) is 12.1 Å². The number of halogens is 1. The molecule has 1 aromatic rings. The van der Waals surface area contributed by atoms with Crippen LogP contribution in [-0.4, -0.2) is 52.1 Å². The number of nitro groups is 2. The van der Waals surface area contributed by atoms with Gasteiger partial charge in [-0.2, -0.15) is 0 Å². The Balaban J connectivity index is 3.70. The zero-order valence-electron chi connectivity index (χ0n) is 14.6. The molecule has 0 saturated heterocycles. The Hall–Kier alpha value is -2.46. The van der Waals surface area contributed by atoms with Crippen molar-refractivity contribution in [1.29, 1.82) is 0 Å². The van der Waals surface area contributed by atoms with Crippen molar-refractivity contribution >= 4 is 34.6 Å². The predicted molar refractivity (Wildman–Crippen MR) is 94.9 cm³/mol. The third-order valence-corrected chi connectivity index (χ3v) is 3.35. The molecule has 0 unspecified atom stereocenters. The molecular weight excluding hydrogens is 370 g/mol. The number of benzene rings is 1. The van der Waals surface area contributed by atoms with Crippen molar-refractivity contribution < 1.29 is 24.5 Å². The third kappa shape index (κ3) is 5.27. The number of esters is 1. The zero-order valence-corrected chi connectivity index (χ0v) is 15.4. The number of carbonyl (C=O) groups is 1. The fourth-order valence-corrected chi connectivity index (χ4v) is 2.47. The molecule has 0 aromatic heterocycles. The van der Waals surface area contributed by atoms with Gasteiger partial charge in [0.15, 0.2) is 0 Å². The summed E-state index contributed by atoms with van der Waals surface area (Å²) in [6, 6.07) is 2.16. The molecule has 0 amide bonds. The Bertz CT molecular complexity index is 697. The van der Waals surface area contributed by atoms with Crippen molar-refractivity contribution in [2.75, 3.05) is 30.5 Å². The first-order valence-electron chi connectivity index (χ1n) is 7.64. The Labute approximate surface area is 154 Å². The van der Waals surface area contributed by atoms with E-state index in [9.17, 15) is 30.1 Å². The minimum Gasteiger partial charge on any atom is -0.456 e. The van der Waals surface area contributed by atoms with Crippen LogP contribution in [0.4, 0.5) is 17.1 Å². The highest BCUT2D eigenvalue weighted by Crippen LogP contribution is 2.38. The number of nitro benzene ring substituents is 2. The Morgan fingerprint density at radius 2 is 1.85 bits per heavy atom. The van der Waals surface area contributed by atoms with Crippen LogP contribution in [0.25, 0.3) is 0 Å². The van der Waals surface area contributed by atoms with E-state index in [1.54, 1.807) is 0 Å². The van der Waals surface area contributed by atoms with Crippen molar-refractivity contribution in [2.24, 2.45) is 0 Å². The first kappa shape index (κ1) is 21.6. The summed E-state index contributed by atoms with van der Waals surface area (Å²) in [7, 11) is 0. The number of carbonyl (C=O) groups excluding carboxylic acids is 1. The van der Waals surface area contributed by atoms with Gasteiger partial charge in [0.25, 0.3) is 5.69 Å². The molecule has 0 saturated carbocycles. The lowest BCUT2D eigenvalue weighted by molar-refractivity contribution is -0.394. The van der Waals surface area contributed by atoms with Crippen molar-refractivity contribution in [3.05, 3.63) is 37.9 Å². The first-order valence-corrected chi connectivity index (χ1v) is 8.17. The van der Waals surface area contributed by atoms with Crippen LogP contribution in [-0.2, 0) is 4.74 Å². The number of rotatable bonds is 8. The summed E-state index contributed by atoms with van der Waals surface area (Å²) >= 11 is 5.69. The maximum Gasteiger partial charge on any atom is 0.352 e. The highest BCUT2D eigenvalue weighted by Gasteiger charge is 2.38. The fourth-order valence-electron chi connectivity index (χ4n) is 2.27. The standard InChI is InChI=1S/C15H20ClN3O7/c1-15(2,3)26-14(21)12-10(18(22)23)4-5-11(13(12)19(24)25)17(7-6-16)8-9-20/h4-5,20H,6-9H2,1-3H3. The van der Waals surface area contributed by atoms with Gasteiger partial charge in [0, 0.05) is 25.0 Å². The maximum atomic E-state index is 12.5. The molecule has 1 aromatic carbocycles. The number of aliphatic hydroxyl groups excluding tert-OH is 1. The van der Waals surface area contributed by atoms with E-state index in [4.69, 9.17) is 16.3 Å². The molecule has 0 spiro atoms. The molecule has 1 N–H and O–H groups in total. The van der Waals surface area contributed by atoms with Gasteiger partial charge >= 0.3 is 11.7 Å². The van der Waals surface area contributed by atoms with Crippen molar-refractivity contribution in [3.8, 4) is 0 Å². The number of anilines is 1. The summed E-state index contributed by atoms with van der Waals surface area (Å²) in [4.78, 5) is 35.1. The summed E-state index contributed by atoms with van der Waals surface area (Å²) in [5.74, 6) is -1.08. The lowest BCUT2D eigenvalue weighted by Crippen LogP contribution is -2.30. The van der Waals surface area contributed by atoms with Gasteiger partial charge in [0.2, 0.25) is 5.56 Å². The molecule has 10 nitrogen and oxygen atoms in total. The Kier molecular flexibility index (Phi) is 7.28. The monoisotopic (exact) mass is 389 g/mol. The fraction of sp³-hybridized carbons (Fsp3) is 0.533. The average Bonchev–Trinajstić information content (AvgIpc) is 2.51. The number of aliphatic hydroxyl groups is 1. The first-order chi connectivity index (χ1) is 12.0. The van der Waals surface area contributed by atoms with Crippen LogP contribution < -0.4 is 4.90 Å². The Morgan fingerprint density at radius 3 is 2.27 bits per heavy atom. The number of nitrogens with zero attached hydrogens (tertiary/aromatic N) is 3. The smallest absolute Gasteiger partial charge is 0.352 e. The van der Waals surface area contributed by atoms with Gasteiger partial charge in [-0.15, -0.1) is 11.6 Å². The quantitative estimate of drug-likeness (QED) is 0.310. The van der Waals surface area contributed by atoms with Crippen molar-refractivity contribution in [2.45, 2.75) is 26.4 Å². The van der Waals surface area contributed by atoms with Gasteiger partial charge in [0.1, 0.15) is 11.3 Å². The number of ether oxygens (including phenoxy) is 1. The largest absolute Gasteiger partial charge is 0.456 e. The SMILES string of the molecule is CC(C)(C)OC(=O)c1c([N+](=O)[O-])ccc(N(CCO)CCCl)c1[N+](=O)[O-]. The molecular formula is C15H20ClN3O7. The highest BCUT2D eigenvalue weighted by atomic mass is 35.5. The van der Waals surface area contributed by atoms with Gasteiger partial charge < -0.3 is 14.7 Å². The van der Waals surface area contributed by atoms with Gasteiger partial charge in [-0.1, -0.05) is 0 Å². The van der Waals surface area contributed by atoms with E-state index >= 15 is 0 Å². The Morgan fingerprint density at radius 1 is 1.23 bits per heavy atom. The van der Waals surface area contributed by atoms with Crippen LogP contribution in [0, 0.1) is 20.2 Å². The van der Waals surface area contributed by atoms with Gasteiger partial charge in [-0.05, 0) is 26.8 Å². The second-order valence-electron chi connectivity index (χ2n) is 6.24. The molecule has 1 rings (SSSR count). The van der Waals surface area contributed by atoms with E-state index in [2.05, 4.69) is 0 Å². The zero-order chi connectivity index (χ0) is 20.1. The van der Waals surface area contributed by atoms with Crippen LogP contribution in [0.3, 0.4) is 0 Å². The highest BCUT2D eigenvalue weighted by molar-refractivity contribution is 6.18. The average molecular weight is 390 g/mol. The second kappa shape index (κ2) is 8.77. The second-order valence-corrected chi connectivity index (χ2v) is 6.62. The van der Waals surface area contributed by atoms with Gasteiger partial charge in [-0.25, -0.2) is 4.79 Å². The molecule has 0 aliphatic carbocycles. The minimum atomic E-state index is -1.17. The normalized spacial score (nSPS) is 11.1. The molecule has 0 bridgehead atoms. The number of hydrogen-bond acceptors (Lipinski definition) is 8. The molecule has 0 radical (unpaired) electrons. The topological polar surface area (TPSA) is 136 Å². The van der Waals surface area contributed by atoms with Crippen molar-refractivity contribution in [1.82, 2.24) is 0 Å². The molecule has 0 aliphatic heterocycles. The van der Waals surface area contributed by atoms with E-state index < -0.39 is 38.4 Å². The number of alkyl halides is 1. The van der Waals surface area contributed by atoms with Gasteiger partial charge in [-0.3, -0.25) is 20.2 Å². The summed E-state index contributed by atoms with van der Waals surface area (Å²) in [6.45, 7) is 4.42. The van der Waals surface area contributed by atoms with Gasteiger partial charge in [0.05, 0.1) is 16.5 Å². The maximum absolute atomic E-state index is 12.5. The molecule has 0 aliphatic rings. The van der Waals surface area contributed by atoms with Crippen LogP contribution in [0.1, 0.15) is 31.1 Å². The van der Waals surface area contributed by atoms with E-state index in [1.807, 2.05) is 0 Å². The van der Waals surface area contributed by atoms with Crippen LogP contribution in [0.2, 0.25) is 0 Å². The molecule has 11 heteroatoms. The van der Waals surface area contributed by atoms with Crippen molar-refractivity contribution in [3.63, 3.8) is 0 Å². The van der Waals surface area contributed by atoms with Crippen LogP contribution >= 0.6 is 11.6 Å².